The summed E-state index contributed by atoms with van der Waals surface area (Å²) < 4.78 is 0. The van der Waals surface area contributed by atoms with Gasteiger partial charge in [-0.3, -0.25) is 19.2 Å². The van der Waals surface area contributed by atoms with Gasteiger partial charge < -0.3 is 20.0 Å². The van der Waals surface area contributed by atoms with Gasteiger partial charge in [-0.2, -0.15) is 0 Å². The van der Waals surface area contributed by atoms with Crippen molar-refractivity contribution in [3.63, 3.8) is 0 Å². The van der Waals surface area contributed by atoms with E-state index in [0.717, 1.165) is 61.9 Å². The Kier molecular flexibility index (Phi) is 10.5. The number of hydrogen-bond acceptors (Lipinski definition) is 5. The molecular formula is C39H52N4O4. The SMILES string of the molecule is Cc1ccc(CC(=O)N[C@@](C)(CC(=O)N2CCC(C3Cc4ccccc4CC3=O)CC2)C(=O)N2CCC(N3CCCCC3)CC2)cc1. The summed E-state index contributed by atoms with van der Waals surface area (Å²) in [7, 11) is 0. The van der Waals surface area contributed by atoms with E-state index in [9.17, 15) is 19.2 Å². The lowest BCUT2D eigenvalue weighted by atomic mass is 9.73. The molecule has 8 heteroatoms. The number of ketones is 1. The standard InChI is InChI=1S/C39H52N4O4/c1-28-10-12-29(13-11-28)24-36(45)40-39(2,38(47)43-22-16-33(17-23-43)41-18-6-3-7-19-41)27-37(46)42-20-14-30(15-21-42)34-25-31-8-4-5-9-32(31)26-35(34)44/h4-5,8-13,30,33-34H,3,6-7,14-27H2,1-2H3,(H,40,45)/t34?,39-/m0/s1. The lowest BCUT2D eigenvalue weighted by molar-refractivity contribution is -0.147. The molecule has 1 N–H and O–H groups in total. The molecule has 0 spiro atoms. The lowest BCUT2D eigenvalue weighted by Crippen LogP contribution is -2.62. The number of fused-ring (bicyclic) bond motifs is 1. The Morgan fingerprint density at radius 2 is 1.45 bits per heavy atom. The van der Waals surface area contributed by atoms with Crippen molar-refractivity contribution in [1.82, 2.24) is 20.0 Å². The van der Waals surface area contributed by atoms with E-state index in [4.69, 9.17) is 0 Å². The smallest absolute Gasteiger partial charge is 0.248 e. The summed E-state index contributed by atoms with van der Waals surface area (Å²) in [6.07, 6.45) is 8.54. The normalized spacial score (nSPS) is 22.8. The number of piperidine rings is 3. The number of nitrogens with zero attached hydrogens (tertiary/aromatic N) is 3. The average Bonchev–Trinajstić information content (AvgIpc) is 3.09. The zero-order valence-electron chi connectivity index (χ0n) is 28.3. The molecule has 47 heavy (non-hydrogen) atoms. The van der Waals surface area contributed by atoms with Crippen LogP contribution in [0.5, 0.6) is 0 Å². The van der Waals surface area contributed by atoms with Gasteiger partial charge in [-0.25, -0.2) is 0 Å². The Morgan fingerprint density at radius 1 is 0.809 bits per heavy atom. The second-order valence-corrected chi connectivity index (χ2v) is 14.8. The van der Waals surface area contributed by atoms with Crippen LogP contribution >= 0.6 is 0 Å². The topological polar surface area (TPSA) is 90.0 Å². The van der Waals surface area contributed by atoms with Crippen molar-refractivity contribution >= 4 is 23.5 Å². The highest BCUT2D eigenvalue weighted by Crippen LogP contribution is 2.34. The van der Waals surface area contributed by atoms with Crippen molar-refractivity contribution in [3.8, 4) is 0 Å². The van der Waals surface area contributed by atoms with E-state index in [0.29, 0.717) is 44.4 Å². The summed E-state index contributed by atoms with van der Waals surface area (Å²) in [6.45, 7) is 8.44. The first-order chi connectivity index (χ1) is 22.7. The van der Waals surface area contributed by atoms with Crippen LogP contribution in [0.3, 0.4) is 0 Å². The zero-order valence-corrected chi connectivity index (χ0v) is 28.3. The number of benzene rings is 2. The van der Waals surface area contributed by atoms with Crippen molar-refractivity contribution in [2.24, 2.45) is 11.8 Å². The van der Waals surface area contributed by atoms with Crippen LogP contribution in [0.1, 0.15) is 80.5 Å². The molecule has 2 atom stereocenters. The Hall–Kier alpha value is -3.52. The molecule has 2 aromatic carbocycles. The van der Waals surface area contributed by atoms with Gasteiger partial charge in [0.05, 0.1) is 12.8 Å². The summed E-state index contributed by atoms with van der Waals surface area (Å²) in [6, 6.07) is 16.6. The minimum atomic E-state index is -1.34. The van der Waals surface area contributed by atoms with Crippen LogP contribution < -0.4 is 5.32 Å². The average molecular weight is 641 g/mol. The maximum Gasteiger partial charge on any atom is 0.248 e. The van der Waals surface area contributed by atoms with Gasteiger partial charge in [0.1, 0.15) is 11.3 Å². The Bertz CT molecular complexity index is 1440. The number of likely N-dealkylation sites (tertiary alicyclic amines) is 3. The largest absolute Gasteiger partial charge is 0.343 e. The van der Waals surface area contributed by atoms with Crippen LogP contribution in [-0.4, -0.2) is 89.1 Å². The number of amides is 3. The Labute approximate surface area is 280 Å². The fourth-order valence-electron chi connectivity index (χ4n) is 8.48. The van der Waals surface area contributed by atoms with Gasteiger partial charge in [0.15, 0.2) is 0 Å². The molecule has 3 heterocycles. The monoisotopic (exact) mass is 640 g/mol. The summed E-state index contributed by atoms with van der Waals surface area (Å²) >= 11 is 0. The predicted molar refractivity (Wildman–Crippen MR) is 183 cm³/mol. The molecule has 3 amide bonds. The van der Waals surface area contributed by atoms with Gasteiger partial charge in [-0.15, -0.1) is 0 Å². The molecule has 4 aliphatic rings. The molecule has 6 rings (SSSR count). The molecule has 2 aromatic rings. The summed E-state index contributed by atoms with van der Waals surface area (Å²) in [5.74, 6) is 0.0359. The third-order valence-corrected chi connectivity index (χ3v) is 11.3. The number of rotatable bonds is 8. The first-order valence-electron chi connectivity index (χ1n) is 18.0. The highest BCUT2D eigenvalue weighted by Gasteiger charge is 2.43. The van der Waals surface area contributed by atoms with Crippen LogP contribution in [0, 0.1) is 18.8 Å². The summed E-state index contributed by atoms with van der Waals surface area (Å²) in [4.78, 5) is 60.9. The van der Waals surface area contributed by atoms with E-state index in [-0.39, 0.29) is 42.4 Å². The van der Waals surface area contributed by atoms with Crippen LogP contribution in [0.2, 0.25) is 0 Å². The third kappa shape index (κ3) is 7.97. The highest BCUT2D eigenvalue weighted by atomic mass is 16.2. The van der Waals surface area contributed by atoms with Crippen LogP contribution in [-0.2, 0) is 38.4 Å². The van der Waals surface area contributed by atoms with E-state index >= 15 is 0 Å². The minimum absolute atomic E-state index is 0.00271. The van der Waals surface area contributed by atoms with E-state index < -0.39 is 5.54 Å². The molecular weight excluding hydrogens is 588 g/mol. The molecule has 8 nitrogen and oxygen atoms in total. The lowest BCUT2D eigenvalue weighted by Gasteiger charge is -2.43. The molecule has 0 saturated carbocycles. The quantitative estimate of drug-likeness (QED) is 0.459. The number of aryl methyl sites for hydroxylation is 1. The van der Waals surface area contributed by atoms with E-state index in [1.165, 1.54) is 24.8 Å². The van der Waals surface area contributed by atoms with Crippen LogP contribution in [0.25, 0.3) is 0 Å². The fourth-order valence-corrected chi connectivity index (χ4v) is 8.48. The number of hydrogen-bond donors (Lipinski definition) is 1. The number of carbonyl (C=O) groups excluding carboxylic acids is 4. The predicted octanol–water partition coefficient (Wildman–Crippen LogP) is 4.50. The Morgan fingerprint density at radius 3 is 2.13 bits per heavy atom. The minimum Gasteiger partial charge on any atom is -0.343 e. The molecule has 3 fully saturated rings. The second kappa shape index (κ2) is 14.7. The first-order valence-corrected chi connectivity index (χ1v) is 18.0. The molecule has 0 radical (unpaired) electrons. The van der Waals surface area contributed by atoms with Crippen LogP contribution in [0.4, 0.5) is 0 Å². The maximum absolute atomic E-state index is 14.2. The molecule has 0 aromatic heterocycles. The van der Waals surface area contributed by atoms with Crippen molar-refractivity contribution in [3.05, 3.63) is 70.8 Å². The van der Waals surface area contributed by atoms with E-state index in [1.807, 2.05) is 53.1 Å². The molecule has 1 unspecified atom stereocenters. The van der Waals surface area contributed by atoms with Crippen LogP contribution in [0.15, 0.2) is 48.5 Å². The van der Waals surface area contributed by atoms with Gasteiger partial charge in [-0.05, 0) is 94.5 Å². The van der Waals surface area contributed by atoms with E-state index in [2.05, 4.69) is 22.3 Å². The van der Waals surface area contributed by atoms with E-state index in [1.54, 1.807) is 6.92 Å². The molecule has 252 valence electrons. The molecule has 3 aliphatic heterocycles. The molecule has 1 aliphatic carbocycles. The summed E-state index contributed by atoms with van der Waals surface area (Å²) in [5, 5.41) is 3.04. The van der Waals surface area contributed by atoms with Crippen molar-refractivity contribution in [1.29, 1.82) is 0 Å². The van der Waals surface area contributed by atoms with Gasteiger partial charge in [0, 0.05) is 44.6 Å². The molecule has 3 saturated heterocycles. The second-order valence-electron chi connectivity index (χ2n) is 14.8. The fraction of sp³-hybridized carbons (Fsp3) is 0.590. The van der Waals surface area contributed by atoms with Gasteiger partial charge in [0.25, 0.3) is 0 Å². The van der Waals surface area contributed by atoms with Gasteiger partial charge in [0.2, 0.25) is 17.7 Å². The first kappa shape index (κ1) is 33.4. The number of Topliss-reactive ketones (excluding diaryl/α,β-unsaturated/α-hetero) is 1. The summed E-state index contributed by atoms with van der Waals surface area (Å²) in [5.41, 5.74) is 3.07. The number of nitrogens with one attached hydrogen (secondary N) is 1. The highest BCUT2D eigenvalue weighted by molar-refractivity contribution is 5.96. The Balaban J connectivity index is 1.10. The van der Waals surface area contributed by atoms with Gasteiger partial charge >= 0.3 is 0 Å². The van der Waals surface area contributed by atoms with Crippen molar-refractivity contribution < 1.29 is 19.2 Å². The third-order valence-electron chi connectivity index (χ3n) is 11.3. The maximum atomic E-state index is 14.2. The zero-order chi connectivity index (χ0) is 33.0. The van der Waals surface area contributed by atoms with Crippen molar-refractivity contribution in [2.45, 2.75) is 96.1 Å². The number of carbonyl (C=O) groups is 4. The van der Waals surface area contributed by atoms with Crippen molar-refractivity contribution in [2.75, 3.05) is 39.3 Å². The molecule has 0 bridgehead atoms. The van der Waals surface area contributed by atoms with Gasteiger partial charge in [-0.1, -0.05) is 60.5 Å².